The number of aliphatic hydroxyl groups excluding tert-OH is 1. The number of hydrogen-bond donors (Lipinski definition) is 3. The molecule has 0 aromatic rings. The number of carbonyl (C=O) groups is 1. The molecule has 4 N–H and O–H groups in total. The van der Waals surface area contributed by atoms with Gasteiger partial charge in [-0.05, 0) is 19.8 Å². The van der Waals surface area contributed by atoms with Crippen molar-refractivity contribution in [3.05, 3.63) is 0 Å². The molecule has 5 heteroatoms. The molecule has 0 bridgehead atoms. The number of ether oxygens (including phenoxy) is 1. The summed E-state index contributed by atoms with van der Waals surface area (Å²) in [5.41, 5.74) is 4.96. The van der Waals surface area contributed by atoms with E-state index < -0.39 is 5.54 Å². The standard InChI is InChI=1S/C10H22N2O3/c1-3-10(2,11)9(14)12-5-4-7-15-8-6-13/h13H,3-8,11H2,1-2H3,(H,12,14). The third-order valence-corrected chi connectivity index (χ3v) is 2.24. The molecule has 1 unspecified atom stereocenters. The van der Waals surface area contributed by atoms with Crippen molar-refractivity contribution in [1.82, 2.24) is 5.32 Å². The van der Waals surface area contributed by atoms with E-state index in [1.165, 1.54) is 0 Å². The maximum Gasteiger partial charge on any atom is 0.239 e. The summed E-state index contributed by atoms with van der Waals surface area (Å²) in [5, 5.41) is 11.2. The van der Waals surface area contributed by atoms with E-state index in [0.717, 1.165) is 6.42 Å². The highest BCUT2D eigenvalue weighted by atomic mass is 16.5. The lowest BCUT2D eigenvalue weighted by Gasteiger charge is -2.21. The summed E-state index contributed by atoms with van der Waals surface area (Å²) in [6.07, 6.45) is 1.34. The molecule has 0 saturated heterocycles. The highest BCUT2D eigenvalue weighted by Gasteiger charge is 2.24. The van der Waals surface area contributed by atoms with Gasteiger partial charge in [0.15, 0.2) is 0 Å². The maximum absolute atomic E-state index is 11.5. The van der Waals surface area contributed by atoms with Crippen LogP contribution in [0.15, 0.2) is 0 Å². The number of carbonyl (C=O) groups excluding carboxylic acids is 1. The van der Waals surface area contributed by atoms with E-state index in [-0.39, 0.29) is 12.5 Å². The smallest absolute Gasteiger partial charge is 0.239 e. The van der Waals surface area contributed by atoms with Gasteiger partial charge in [0.25, 0.3) is 0 Å². The summed E-state index contributed by atoms with van der Waals surface area (Å²) < 4.78 is 5.04. The van der Waals surface area contributed by atoms with Crippen LogP contribution in [0.5, 0.6) is 0 Å². The minimum absolute atomic E-state index is 0.0308. The summed E-state index contributed by atoms with van der Waals surface area (Å²) in [4.78, 5) is 11.5. The van der Waals surface area contributed by atoms with Gasteiger partial charge < -0.3 is 20.9 Å². The number of nitrogens with two attached hydrogens (primary N) is 1. The van der Waals surface area contributed by atoms with Gasteiger partial charge in [-0.25, -0.2) is 0 Å². The minimum Gasteiger partial charge on any atom is -0.394 e. The Hall–Kier alpha value is -0.650. The molecule has 90 valence electrons. The van der Waals surface area contributed by atoms with Crippen molar-refractivity contribution in [1.29, 1.82) is 0 Å². The quantitative estimate of drug-likeness (QED) is 0.485. The fraction of sp³-hybridized carbons (Fsp3) is 0.900. The number of nitrogens with one attached hydrogen (secondary N) is 1. The van der Waals surface area contributed by atoms with Crippen molar-refractivity contribution < 1.29 is 14.6 Å². The number of amides is 1. The van der Waals surface area contributed by atoms with Gasteiger partial charge in [0.1, 0.15) is 0 Å². The molecule has 0 heterocycles. The van der Waals surface area contributed by atoms with Crippen LogP contribution in [0.3, 0.4) is 0 Å². The first-order valence-electron chi connectivity index (χ1n) is 5.30. The van der Waals surface area contributed by atoms with E-state index in [9.17, 15) is 4.79 Å². The molecular weight excluding hydrogens is 196 g/mol. The van der Waals surface area contributed by atoms with Crippen molar-refractivity contribution in [3.63, 3.8) is 0 Å². The normalized spacial score (nSPS) is 14.7. The van der Waals surface area contributed by atoms with Crippen LogP contribution in [0.25, 0.3) is 0 Å². The molecular formula is C10H22N2O3. The molecule has 1 amide bonds. The second-order valence-electron chi connectivity index (χ2n) is 3.72. The van der Waals surface area contributed by atoms with E-state index in [0.29, 0.717) is 26.2 Å². The summed E-state index contributed by atoms with van der Waals surface area (Å²) in [7, 11) is 0. The average molecular weight is 218 g/mol. The van der Waals surface area contributed by atoms with Crippen LogP contribution in [0.2, 0.25) is 0 Å². The van der Waals surface area contributed by atoms with Crippen molar-refractivity contribution in [2.75, 3.05) is 26.4 Å². The number of rotatable bonds is 8. The Bertz CT molecular complexity index is 184. The zero-order chi connectivity index (χ0) is 11.7. The van der Waals surface area contributed by atoms with Crippen molar-refractivity contribution in [3.8, 4) is 0 Å². The summed E-state index contributed by atoms with van der Waals surface area (Å²) >= 11 is 0. The van der Waals surface area contributed by atoms with Crippen LogP contribution in [0, 0.1) is 0 Å². The van der Waals surface area contributed by atoms with Gasteiger partial charge in [0, 0.05) is 13.2 Å². The van der Waals surface area contributed by atoms with E-state index >= 15 is 0 Å². The Labute approximate surface area is 91.0 Å². The molecule has 0 rings (SSSR count). The lowest BCUT2D eigenvalue weighted by Crippen LogP contribution is -2.51. The van der Waals surface area contributed by atoms with E-state index in [2.05, 4.69) is 5.32 Å². The summed E-state index contributed by atoms with van der Waals surface area (Å²) in [6, 6.07) is 0. The SMILES string of the molecule is CCC(C)(N)C(=O)NCCCOCCO. The minimum atomic E-state index is -0.786. The molecule has 5 nitrogen and oxygen atoms in total. The fourth-order valence-electron chi connectivity index (χ4n) is 0.905. The topological polar surface area (TPSA) is 84.6 Å². The maximum atomic E-state index is 11.5. The zero-order valence-corrected chi connectivity index (χ0v) is 9.58. The fourth-order valence-corrected chi connectivity index (χ4v) is 0.905. The molecule has 0 radical (unpaired) electrons. The lowest BCUT2D eigenvalue weighted by atomic mass is 10.00. The van der Waals surface area contributed by atoms with Crippen LogP contribution in [-0.2, 0) is 9.53 Å². The molecule has 0 aliphatic carbocycles. The van der Waals surface area contributed by atoms with Gasteiger partial charge in [-0.15, -0.1) is 0 Å². The molecule has 0 aromatic carbocycles. The average Bonchev–Trinajstić information content (AvgIpc) is 2.22. The Balaban J connectivity index is 3.47. The molecule has 0 saturated carbocycles. The molecule has 0 aliphatic heterocycles. The Morgan fingerprint density at radius 2 is 2.20 bits per heavy atom. The highest BCUT2D eigenvalue weighted by Crippen LogP contribution is 2.03. The van der Waals surface area contributed by atoms with Gasteiger partial charge in [0.05, 0.1) is 18.8 Å². The summed E-state index contributed by atoms with van der Waals surface area (Å²) in [6.45, 7) is 5.06. The first-order valence-corrected chi connectivity index (χ1v) is 5.30. The van der Waals surface area contributed by atoms with Crippen LogP contribution in [-0.4, -0.2) is 42.9 Å². The van der Waals surface area contributed by atoms with Gasteiger partial charge in [-0.1, -0.05) is 6.92 Å². The first kappa shape index (κ1) is 14.3. The highest BCUT2D eigenvalue weighted by molar-refractivity contribution is 5.85. The third-order valence-electron chi connectivity index (χ3n) is 2.24. The number of hydrogen-bond acceptors (Lipinski definition) is 4. The van der Waals surface area contributed by atoms with E-state index in [1.807, 2.05) is 6.92 Å². The Morgan fingerprint density at radius 1 is 1.53 bits per heavy atom. The second-order valence-corrected chi connectivity index (χ2v) is 3.72. The molecule has 1 atom stereocenters. The molecule has 15 heavy (non-hydrogen) atoms. The predicted octanol–water partition coefficient (Wildman–Crippen LogP) is -0.371. The molecule has 0 aliphatic rings. The second kappa shape index (κ2) is 7.62. The zero-order valence-electron chi connectivity index (χ0n) is 9.58. The van der Waals surface area contributed by atoms with Gasteiger partial charge in [-0.3, -0.25) is 4.79 Å². The van der Waals surface area contributed by atoms with Gasteiger partial charge in [0.2, 0.25) is 5.91 Å². The number of aliphatic hydroxyl groups is 1. The van der Waals surface area contributed by atoms with Crippen LogP contribution in [0.1, 0.15) is 26.7 Å². The van der Waals surface area contributed by atoms with Crippen LogP contribution >= 0.6 is 0 Å². The van der Waals surface area contributed by atoms with E-state index in [4.69, 9.17) is 15.6 Å². The van der Waals surface area contributed by atoms with Crippen molar-refractivity contribution in [2.45, 2.75) is 32.2 Å². The first-order chi connectivity index (χ1) is 7.04. The van der Waals surface area contributed by atoms with Gasteiger partial charge in [-0.2, -0.15) is 0 Å². The predicted molar refractivity (Wildman–Crippen MR) is 58.4 cm³/mol. The monoisotopic (exact) mass is 218 g/mol. The van der Waals surface area contributed by atoms with Crippen molar-refractivity contribution in [2.24, 2.45) is 5.73 Å². The lowest BCUT2D eigenvalue weighted by molar-refractivity contribution is -0.125. The van der Waals surface area contributed by atoms with Crippen molar-refractivity contribution >= 4 is 5.91 Å². The van der Waals surface area contributed by atoms with Gasteiger partial charge >= 0.3 is 0 Å². The van der Waals surface area contributed by atoms with Crippen LogP contribution in [0.4, 0.5) is 0 Å². The largest absolute Gasteiger partial charge is 0.394 e. The third kappa shape index (κ3) is 6.43. The Morgan fingerprint density at radius 3 is 2.73 bits per heavy atom. The molecule has 0 aromatic heterocycles. The Kier molecular flexibility index (Phi) is 7.29. The molecule has 0 fully saturated rings. The van der Waals surface area contributed by atoms with E-state index in [1.54, 1.807) is 6.92 Å². The molecule has 0 spiro atoms. The van der Waals surface area contributed by atoms with Crippen LogP contribution < -0.4 is 11.1 Å². The summed E-state index contributed by atoms with van der Waals surface area (Å²) in [5.74, 6) is -0.132.